The minimum atomic E-state index is -1.37. The Morgan fingerprint density at radius 2 is 1.46 bits per heavy atom. The zero-order chi connectivity index (χ0) is 34.5. The highest BCUT2D eigenvalue weighted by Gasteiger charge is 2.52. The Morgan fingerprint density at radius 1 is 0.875 bits per heavy atom. The lowest BCUT2D eigenvalue weighted by atomic mass is 9.75. The van der Waals surface area contributed by atoms with Crippen LogP contribution in [-0.2, 0) is 42.4 Å². The van der Waals surface area contributed by atoms with Crippen molar-refractivity contribution in [3.8, 4) is 0 Å². The third-order valence-corrected chi connectivity index (χ3v) is 10.9. The number of carbonyl (C=O) groups excluding carboxylic acids is 1. The molecule has 4 rings (SSSR count). The van der Waals surface area contributed by atoms with E-state index in [4.69, 9.17) is 37.6 Å². The molecular formula is C37H66O10Si. The van der Waals surface area contributed by atoms with E-state index in [-0.39, 0.29) is 48.1 Å². The standard InChI is InChI=1S/C37H66O10Si/c1-37(2,3)35(47-48(5)6)33-26(28(44-30-19-11-14-22-41-30)25-29(33)45-31-20-12-15-23-42-31)17-9-7-8-10-18-27(38)34(36(39)40-4)46-32-21-13-16-24-43-32/h7,9,26-35,38,48H,8,10-25H2,1-6H3/t26-,27?,28-,29+,30?,31?,32?,33-,34?,35?/m0/s1. The molecule has 48 heavy (non-hydrogen) atoms. The van der Waals surface area contributed by atoms with Gasteiger partial charge in [-0.3, -0.25) is 0 Å². The maximum absolute atomic E-state index is 12.4. The number of ether oxygens (including phenoxy) is 7. The summed E-state index contributed by atoms with van der Waals surface area (Å²) >= 11 is 0. The SMILES string of the molecule is COC(=O)C(OC1CCCCO1)C(O)CCCC=CC[C@@H]1[C@H](C(O[SiH](C)C)C(C)(C)C)[C@H](OC2CCCCO2)C[C@@H]1OC1CCCCO1. The second kappa shape index (κ2) is 20.2. The van der Waals surface area contributed by atoms with Gasteiger partial charge >= 0.3 is 5.97 Å². The minimum absolute atomic E-state index is 0.0135. The Bertz CT molecular complexity index is 939. The van der Waals surface area contributed by atoms with Gasteiger partial charge in [-0.1, -0.05) is 32.9 Å². The summed E-state index contributed by atoms with van der Waals surface area (Å²) in [5, 5.41) is 10.9. The number of unbranched alkanes of at least 4 members (excludes halogenated alkanes) is 1. The van der Waals surface area contributed by atoms with Gasteiger partial charge in [-0.25, -0.2) is 4.79 Å². The number of hydrogen-bond donors (Lipinski definition) is 1. The highest BCUT2D eigenvalue weighted by Crippen LogP contribution is 2.47. The van der Waals surface area contributed by atoms with Gasteiger partial charge < -0.3 is 42.7 Å². The third-order valence-electron chi connectivity index (χ3n) is 10.1. The normalized spacial score (nSPS) is 32.4. The van der Waals surface area contributed by atoms with Gasteiger partial charge in [0.1, 0.15) is 0 Å². The summed E-state index contributed by atoms with van der Waals surface area (Å²) in [4.78, 5) is 12.4. The van der Waals surface area contributed by atoms with Gasteiger partial charge in [0.25, 0.3) is 0 Å². The van der Waals surface area contributed by atoms with E-state index < -0.39 is 33.5 Å². The average Bonchev–Trinajstić information content (AvgIpc) is 3.39. The Morgan fingerprint density at radius 3 is 1.98 bits per heavy atom. The lowest BCUT2D eigenvalue weighted by molar-refractivity contribution is -0.217. The Balaban J connectivity index is 1.44. The van der Waals surface area contributed by atoms with E-state index in [1.807, 2.05) is 0 Å². The zero-order valence-corrected chi connectivity index (χ0v) is 31.8. The number of rotatable bonds is 17. The van der Waals surface area contributed by atoms with E-state index in [2.05, 4.69) is 46.0 Å². The van der Waals surface area contributed by atoms with Crippen LogP contribution in [0.3, 0.4) is 0 Å². The van der Waals surface area contributed by atoms with Gasteiger partial charge in [-0.2, -0.15) is 0 Å². The molecule has 1 saturated carbocycles. The molecule has 3 saturated heterocycles. The summed E-state index contributed by atoms with van der Waals surface area (Å²) in [6.45, 7) is 13.4. The number of carbonyl (C=O) groups is 1. The molecule has 4 fully saturated rings. The molecule has 3 aliphatic heterocycles. The van der Waals surface area contributed by atoms with E-state index in [0.717, 1.165) is 83.8 Å². The molecule has 11 heteroatoms. The van der Waals surface area contributed by atoms with Gasteiger partial charge in [-0.05, 0) is 108 Å². The lowest BCUT2D eigenvalue weighted by Crippen LogP contribution is -2.47. The van der Waals surface area contributed by atoms with Crippen LogP contribution < -0.4 is 0 Å². The lowest BCUT2D eigenvalue weighted by Gasteiger charge is -2.42. The Labute approximate surface area is 291 Å². The molecular weight excluding hydrogens is 632 g/mol. The fraction of sp³-hybridized carbons (Fsp3) is 0.919. The molecule has 0 aromatic carbocycles. The van der Waals surface area contributed by atoms with Gasteiger partial charge in [0.05, 0.1) is 31.5 Å². The number of esters is 1. The van der Waals surface area contributed by atoms with E-state index in [1.165, 1.54) is 7.11 Å². The second-order valence-corrected chi connectivity index (χ2v) is 17.8. The van der Waals surface area contributed by atoms with Crippen LogP contribution in [0.25, 0.3) is 0 Å². The molecule has 0 aromatic heterocycles. The van der Waals surface area contributed by atoms with Crippen molar-refractivity contribution in [2.75, 3.05) is 26.9 Å². The first-order valence-electron chi connectivity index (χ1n) is 18.9. The molecule has 4 aliphatic rings. The highest BCUT2D eigenvalue weighted by molar-refractivity contribution is 6.48. The van der Waals surface area contributed by atoms with Crippen molar-refractivity contribution in [3.63, 3.8) is 0 Å². The molecule has 0 bridgehead atoms. The summed E-state index contributed by atoms with van der Waals surface area (Å²) in [5.41, 5.74) is -0.0772. The molecule has 6 unspecified atom stereocenters. The van der Waals surface area contributed by atoms with Crippen LogP contribution in [0.5, 0.6) is 0 Å². The van der Waals surface area contributed by atoms with E-state index in [9.17, 15) is 9.90 Å². The topological polar surface area (TPSA) is 111 Å². The Hall–Kier alpha value is -0.893. The molecule has 10 atom stereocenters. The summed E-state index contributed by atoms with van der Waals surface area (Å²) in [7, 11) is -0.0504. The molecule has 1 aliphatic carbocycles. The van der Waals surface area contributed by atoms with Crippen molar-refractivity contribution in [3.05, 3.63) is 12.2 Å². The molecule has 10 nitrogen and oxygen atoms in total. The number of methoxy groups -OCH3 is 1. The van der Waals surface area contributed by atoms with Crippen LogP contribution in [0.15, 0.2) is 12.2 Å². The van der Waals surface area contributed by atoms with Gasteiger partial charge in [0.2, 0.25) is 0 Å². The monoisotopic (exact) mass is 698 g/mol. The van der Waals surface area contributed by atoms with Crippen molar-refractivity contribution >= 4 is 15.0 Å². The molecule has 0 aromatic rings. The van der Waals surface area contributed by atoms with Crippen molar-refractivity contribution in [2.24, 2.45) is 17.3 Å². The largest absolute Gasteiger partial charge is 0.467 e. The quantitative estimate of drug-likeness (QED) is 0.0791. The highest BCUT2D eigenvalue weighted by atomic mass is 28.3. The maximum atomic E-state index is 12.4. The zero-order valence-electron chi connectivity index (χ0n) is 30.6. The summed E-state index contributed by atoms with van der Waals surface area (Å²) in [6, 6.07) is 0. The number of aliphatic hydroxyl groups is 1. The average molecular weight is 699 g/mol. The molecule has 0 spiro atoms. The predicted molar refractivity (Wildman–Crippen MR) is 186 cm³/mol. The van der Waals surface area contributed by atoms with Crippen LogP contribution in [0.4, 0.5) is 0 Å². The number of hydrogen-bond acceptors (Lipinski definition) is 10. The van der Waals surface area contributed by atoms with E-state index >= 15 is 0 Å². The third kappa shape index (κ3) is 12.4. The van der Waals surface area contributed by atoms with Crippen molar-refractivity contribution in [1.29, 1.82) is 0 Å². The minimum Gasteiger partial charge on any atom is -0.467 e. The molecule has 278 valence electrons. The summed E-state index contributed by atoms with van der Waals surface area (Å²) in [5.74, 6) is -0.232. The van der Waals surface area contributed by atoms with Gasteiger partial charge in [0.15, 0.2) is 34.0 Å². The maximum Gasteiger partial charge on any atom is 0.337 e. The Kier molecular flexibility index (Phi) is 16.8. The first kappa shape index (κ1) is 39.9. The first-order chi connectivity index (χ1) is 23.1. The molecule has 0 amide bonds. The van der Waals surface area contributed by atoms with Crippen LogP contribution in [0.1, 0.15) is 111 Å². The first-order valence-corrected chi connectivity index (χ1v) is 21.7. The van der Waals surface area contributed by atoms with Gasteiger partial charge in [0, 0.05) is 32.2 Å². The smallest absolute Gasteiger partial charge is 0.337 e. The van der Waals surface area contributed by atoms with Crippen LogP contribution in [0, 0.1) is 17.3 Å². The molecule has 3 heterocycles. The van der Waals surface area contributed by atoms with Crippen LogP contribution in [0.2, 0.25) is 13.1 Å². The second-order valence-electron chi connectivity index (χ2n) is 15.5. The number of allylic oxidation sites excluding steroid dienone is 2. The van der Waals surface area contributed by atoms with Gasteiger partial charge in [-0.15, -0.1) is 0 Å². The van der Waals surface area contributed by atoms with Crippen molar-refractivity contribution in [1.82, 2.24) is 0 Å². The number of aliphatic hydroxyl groups excluding tert-OH is 1. The fourth-order valence-corrected chi connectivity index (χ4v) is 8.85. The van der Waals surface area contributed by atoms with Crippen LogP contribution in [-0.4, -0.2) is 96.4 Å². The van der Waals surface area contributed by atoms with E-state index in [0.29, 0.717) is 25.9 Å². The summed E-state index contributed by atoms with van der Waals surface area (Å²) in [6.07, 6.45) is 14.0. The fourth-order valence-electron chi connectivity index (χ4n) is 7.68. The van der Waals surface area contributed by atoms with E-state index in [1.54, 1.807) is 0 Å². The van der Waals surface area contributed by atoms with Crippen molar-refractivity contribution < 1.29 is 47.5 Å². The van der Waals surface area contributed by atoms with Crippen LogP contribution >= 0.6 is 0 Å². The predicted octanol–water partition coefficient (Wildman–Crippen LogP) is 6.42. The summed E-state index contributed by atoms with van der Waals surface area (Å²) < 4.78 is 49.1. The van der Waals surface area contributed by atoms with Crippen molar-refractivity contribution in [2.45, 2.75) is 173 Å². The molecule has 0 radical (unpaired) electrons. The molecule has 1 N–H and O–H groups in total.